The van der Waals surface area contributed by atoms with Crippen LogP contribution in [-0.2, 0) is 4.79 Å². The maximum Gasteiger partial charge on any atom is 0.283 e. The molecule has 1 unspecified atom stereocenters. The molecule has 0 spiro atoms. The Morgan fingerprint density at radius 2 is 2.07 bits per heavy atom. The number of nitrogens with one attached hydrogen (secondary N) is 2. The Morgan fingerprint density at radius 1 is 1.31 bits per heavy atom. The molecule has 1 saturated heterocycles. The summed E-state index contributed by atoms with van der Waals surface area (Å²) in [7, 11) is 2.01. The van der Waals surface area contributed by atoms with Gasteiger partial charge in [0.25, 0.3) is 5.69 Å². The average molecular weight is 406 g/mol. The number of nitro benzene ring substituents is 1. The van der Waals surface area contributed by atoms with Gasteiger partial charge in [-0.15, -0.1) is 0 Å². The number of likely N-dealkylation sites (N-methyl/N-ethyl adjacent to an activating group) is 1. The first kappa shape index (κ1) is 22.8. The zero-order chi connectivity index (χ0) is 21.2. The Morgan fingerprint density at radius 3 is 2.76 bits per heavy atom. The summed E-state index contributed by atoms with van der Waals surface area (Å²) in [5.41, 5.74) is -0.157. The molecule has 1 atom stereocenters. The second kappa shape index (κ2) is 11.5. The molecule has 0 saturated carbocycles. The summed E-state index contributed by atoms with van der Waals surface area (Å²) in [6.07, 6.45) is 3.99. The number of Topliss-reactive ketones (excluding diaryl/α,β-unsaturated/α-hetero) is 1. The van der Waals surface area contributed by atoms with Gasteiger partial charge in [0.15, 0.2) is 5.78 Å². The van der Waals surface area contributed by atoms with E-state index in [1.54, 1.807) is 6.07 Å². The van der Waals surface area contributed by atoms with E-state index in [0.717, 1.165) is 45.3 Å². The molecule has 29 heavy (non-hydrogen) atoms. The number of carbonyl (C=O) groups excluding carboxylic acids is 2. The van der Waals surface area contributed by atoms with E-state index >= 15 is 0 Å². The van der Waals surface area contributed by atoms with Gasteiger partial charge in [0.05, 0.1) is 29.3 Å². The summed E-state index contributed by atoms with van der Waals surface area (Å²) in [5.74, 6) is 0.102. The van der Waals surface area contributed by atoms with Gasteiger partial charge in [-0.2, -0.15) is 0 Å². The van der Waals surface area contributed by atoms with Crippen LogP contribution in [0.4, 0.5) is 5.69 Å². The highest BCUT2D eigenvalue weighted by atomic mass is 16.6. The van der Waals surface area contributed by atoms with Gasteiger partial charge in [-0.25, -0.2) is 0 Å². The second-order valence-electron chi connectivity index (χ2n) is 7.27. The molecule has 9 heteroatoms. The molecule has 1 aliphatic heterocycles. The number of benzene rings is 1. The molecule has 160 valence electrons. The fraction of sp³-hybridized carbons (Fsp3) is 0.600. The van der Waals surface area contributed by atoms with Crippen molar-refractivity contribution in [2.45, 2.75) is 45.2 Å². The number of hydrogen-bond donors (Lipinski definition) is 2. The fourth-order valence-corrected chi connectivity index (χ4v) is 3.21. The summed E-state index contributed by atoms with van der Waals surface area (Å²) in [5, 5.41) is 17.4. The number of ether oxygens (including phenoxy) is 1. The summed E-state index contributed by atoms with van der Waals surface area (Å²) >= 11 is 0. The number of rotatable bonds is 11. The molecule has 9 nitrogen and oxygen atoms in total. The van der Waals surface area contributed by atoms with E-state index in [0.29, 0.717) is 18.8 Å². The summed E-state index contributed by atoms with van der Waals surface area (Å²) < 4.78 is 5.56. The highest BCUT2D eigenvalue weighted by Crippen LogP contribution is 2.25. The van der Waals surface area contributed by atoms with Crippen molar-refractivity contribution in [3.63, 3.8) is 0 Å². The number of nitro groups is 1. The lowest BCUT2D eigenvalue weighted by Crippen LogP contribution is -2.57. The molecular formula is C20H30N4O5. The predicted molar refractivity (Wildman–Crippen MR) is 109 cm³/mol. The van der Waals surface area contributed by atoms with Crippen LogP contribution in [0.25, 0.3) is 0 Å². The lowest BCUT2D eigenvalue weighted by atomic mass is 10.1. The van der Waals surface area contributed by atoms with Gasteiger partial charge in [-0.1, -0.05) is 12.8 Å². The molecule has 0 radical (unpaired) electrons. The largest absolute Gasteiger partial charge is 0.493 e. The van der Waals surface area contributed by atoms with Crippen molar-refractivity contribution < 1.29 is 19.2 Å². The molecule has 0 aliphatic carbocycles. The molecule has 2 N–H and O–H groups in total. The topological polar surface area (TPSA) is 114 Å². The van der Waals surface area contributed by atoms with E-state index in [4.69, 9.17) is 4.74 Å². The SMILES string of the molecule is CC(=O)c1ccc(OCCCCCCC(=O)NC2CNCCN2C)cc1[N+](=O)[O-]. The molecule has 0 bridgehead atoms. The van der Waals surface area contributed by atoms with E-state index in [9.17, 15) is 19.7 Å². The molecule has 1 aromatic carbocycles. The third-order valence-electron chi connectivity index (χ3n) is 4.95. The first-order valence-electron chi connectivity index (χ1n) is 10.0. The minimum atomic E-state index is -0.574. The second-order valence-corrected chi connectivity index (χ2v) is 7.27. The standard InChI is InChI=1S/C20H30N4O5/c1-15(25)17-9-8-16(13-18(17)24(27)28)29-12-6-4-3-5-7-20(26)22-19-14-21-10-11-23(19)2/h8-9,13,19,21H,3-7,10-12,14H2,1-2H3,(H,22,26). The fourth-order valence-electron chi connectivity index (χ4n) is 3.21. The van der Waals surface area contributed by atoms with Crippen molar-refractivity contribution >= 4 is 17.4 Å². The Balaban J connectivity index is 1.61. The quantitative estimate of drug-likeness (QED) is 0.250. The zero-order valence-electron chi connectivity index (χ0n) is 17.1. The maximum atomic E-state index is 12.0. The van der Waals surface area contributed by atoms with Crippen LogP contribution in [0.15, 0.2) is 18.2 Å². The third-order valence-corrected chi connectivity index (χ3v) is 4.95. The average Bonchev–Trinajstić information content (AvgIpc) is 2.68. The molecular weight excluding hydrogens is 376 g/mol. The highest BCUT2D eigenvalue weighted by molar-refractivity contribution is 5.98. The van der Waals surface area contributed by atoms with Crippen molar-refractivity contribution in [2.24, 2.45) is 0 Å². The molecule has 1 aliphatic rings. The van der Waals surface area contributed by atoms with Crippen LogP contribution >= 0.6 is 0 Å². The van der Waals surface area contributed by atoms with Crippen LogP contribution in [0.5, 0.6) is 5.75 Å². The number of carbonyl (C=O) groups is 2. The summed E-state index contributed by atoms with van der Waals surface area (Å²) in [6.45, 7) is 4.37. The van der Waals surface area contributed by atoms with E-state index < -0.39 is 4.92 Å². The number of hydrogen-bond acceptors (Lipinski definition) is 7. The van der Waals surface area contributed by atoms with Crippen molar-refractivity contribution in [1.29, 1.82) is 0 Å². The van der Waals surface area contributed by atoms with Crippen LogP contribution in [0.2, 0.25) is 0 Å². The third kappa shape index (κ3) is 7.43. The Bertz CT molecular complexity index is 725. The highest BCUT2D eigenvalue weighted by Gasteiger charge is 2.20. The Kier molecular flexibility index (Phi) is 9.01. The van der Waals surface area contributed by atoms with Crippen LogP contribution in [-0.4, -0.2) is 61.0 Å². The predicted octanol–water partition coefficient (Wildman–Crippen LogP) is 2.10. The monoisotopic (exact) mass is 406 g/mol. The molecule has 0 aromatic heterocycles. The van der Waals surface area contributed by atoms with E-state index in [-0.39, 0.29) is 29.1 Å². The van der Waals surface area contributed by atoms with Gasteiger partial charge in [-0.3, -0.25) is 24.6 Å². The number of piperazine rings is 1. The number of amides is 1. The van der Waals surface area contributed by atoms with Gasteiger partial charge in [0, 0.05) is 26.1 Å². The Labute approximate surface area is 170 Å². The van der Waals surface area contributed by atoms with Crippen LogP contribution in [0.1, 0.15) is 49.4 Å². The first-order valence-corrected chi connectivity index (χ1v) is 10.0. The van der Waals surface area contributed by atoms with E-state index in [1.807, 2.05) is 7.05 Å². The van der Waals surface area contributed by atoms with Crippen LogP contribution in [0.3, 0.4) is 0 Å². The van der Waals surface area contributed by atoms with Gasteiger partial charge in [-0.05, 0) is 38.9 Å². The van der Waals surface area contributed by atoms with E-state index in [1.165, 1.54) is 19.1 Å². The van der Waals surface area contributed by atoms with Crippen LogP contribution < -0.4 is 15.4 Å². The molecule has 1 fully saturated rings. The minimum Gasteiger partial charge on any atom is -0.493 e. The normalized spacial score (nSPS) is 17.0. The Hall–Kier alpha value is -2.52. The van der Waals surface area contributed by atoms with Gasteiger partial charge < -0.3 is 15.4 Å². The van der Waals surface area contributed by atoms with Gasteiger partial charge >= 0.3 is 0 Å². The smallest absolute Gasteiger partial charge is 0.283 e. The summed E-state index contributed by atoms with van der Waals surface area (Å²) in [6, 6.07) is 4.29. The van der Waals surface area contributed by atoms with Gasteiger partial charge in [0.1, 0.15) is 5.75 Å². The number of ketones is 1. The maximum absolute atomic E-state index is 12.0. The van der Waals surface area contributed by atoms with Crippen molar-refractivity contribution in [2.75, 3.05) is 33.3 Å². The molecule has 2 rings (SSSR count). The first-order chi connectivity index (χ1) is 13.9. The summed E-state index contributed by atoms with van der Waals surface area (Å²) in [4.78, 5) is 36.1. The molecule has 1 amide bonds. The molecule has 1 aromatic rings. The minimum absolute atomic E-state index is 0.0584. The lowest BCUT2D eigenvalue weighted by molar-refractivity contribution is -0.385. The molecule has 1 heterocycles. The van der Waals surface area contributed by atoms with Crippen molar-refractivity contribution in [1.82, 2.24) is 15.5 Å². The lowest BCUT2D eigenvalue weighted by Gasteiger charge is -2.33. The van der Waals surface area contributed by atoms with Gasteiger partial charge in [0.2, 0.25) is 5.91 Å². The van der Waals surface area contributed by atoms with E-state index in [2.05, 4.69) is 15.5 Å². The number of nitrogens with zero attached hydrogens (tertiary/aromatic N) is 2. The number of unbranched alkanes of at least 4 members (excludes halogenated alkanes) is 3. The van der Waals surface area contributed by atoms with Crippen molar-refractivity contribution in [3.8, 4) is 5.75 Å². The van der Waals surface area contributed by atoms with Crippen molar-refractivity contribution in [3.05, 3.63) is 33.9 Å². The van der Waals surface area contributed by atoms with Crippen LogP contribution in [0, 0.1) is 10.1 Å². The zero-order valence-corrected chi connectivity index (χ0v) is 17.1.